The van der Waals surface area contributed by atoms with Crippen LogP contribution in [0.2, 0.25) is 0 Å². The molecule has 1 heterocycles. The van der Waals surface area contributed by atoms with Crippen molar-refractivity contribution in [2.24, 2.45) is 5.92 Å². The summed E-state index contributed by atoms with van der Waals surface area (Å²) in [7, 11) is 0. The highest BCUT2D eigenvalue weighted by Gasteiger charge is 2.24. The van der Waals surface area contributed by atoms with Gasteiger partial charge in [-0.05, 0) is 25.4 Å². The van der Waals surface area contributed by atoms with Gasteiger partial charge in [0.05, 0.1) is 6.54 Å². The predicted octanol–water partition coefficient (Wildman–Crippen LogP) is -0.493. The van der Waals surface area contributed by atoms with E-state index in [4.69, 9.17) is 5.11 Å². The normalized spacial score (nSPS) is 19.3. The summed E-state index contributed by atoms with van der Waals surface area (Å²) >= 11 is 0. The fourth-order valence-electron chi connectivity index (χ4n) is 2.00. The Bertz CT molecular complexity index is 286. The number of hydrogen-bond donors (Lipinski definition) is 3. The molecule has 0 radical (unpaired) electrons. The lowest BCUT2D eigenvalue weighted by molar-refractivity contribution is -0.143. The number of carboxylic acid groups (broad SMARTS) is 1. The molecule has 6 heteroatoms. The molecule has 18 heavy (non-hydrogen) atoms. The van der Waals surface area contributed by atoms with E-state index >= 15 is 0 Å². The van der Waals surface area contributed by atoms with Crippen LogP contribution in [0.3, 0.4) is 0 Å². The van der Waals surface area contributed by atoms with Crippen LogP contribution < -0.4 is 10.6 Å². The second-order valence-electron chi connectivity index (χ2n) is 5.01. The van der Waals surface area contributed by atoms with Crippen molar-refractivity contribution in [2.45, 2.75) is 26.3 Å². The van der Waals surface area contributed by atoms with Gasteiger partial charge < -0.3 is 15.7 Å². The summed E-state index contributed by atoms with van der Waals surface area (Å²) in [6.07, 6.45) is 1.01. The number of rotatable bonds is 5. The number of amides is 1. The maximum absolute atomic E-state index is 11.8. The molecule has 0 saturated carbocycles. The SMILES string of the molecule is CC(C)[C@@H](NC(=O)CN1CCCNCC1)C(=O)O. The summed E-state index contributed by atoms with van der Waals surface area (Å²) in [6, 6.07) is -0.803. The maximum atomic E-state index is 11.8. The lowest BCUT2D eigenvalue weighted by atomic mass is 10.0. The third kappa shape index (κ3) is 5.01. The summed E-state index contributed by atoms with van der Waals surface area (Å²) in [6.45, 7) is 7.40. The molecule has 1 rings (SSSR count). The standard InChI is InChI=1S/C12H23N3O3/c1-9(2)11(12(17)18)14-10(16)8-15-6-3-4-13-5-7-15/h9,11,13H,3-8H2,1-2H3,(H,14,16)(H,17,18)/t11-/m1/s1. The fourth-order valence-corrected chi connectivity index (χ4v) is 2.00. The van der Waals surface area contributed by atoms with Crippen LogP contribution in [0.4, 0.5) is 0 Å². The molecule has 0 aromatic heterocycles. The van der Waals surface area contributed by atoms with Gasteiger partial charge >= 0.3 is 5.97 Å². The van der Waals surface area contributed by atoms with E-state index in [0.29, 0.717) is 0 Å². The van der Waals surface area contributed by atoms with Gasteiger partial charge in [0.15, 0.2) is 0 Å². The number of hydrogen-bond acceptors (Lipinski definition) is 4. The zero-order valence-electron chi connectivity index (χ0n) is 11.1. The van der Waals surface area contributed by atoms with Crippen LogP contribution >= 0.6 is 0 Å². The molecule has 0 aromatic carbocycles. The van der Waals surface area contributed by atoms with Crippen LogP contribution in [0.15, 0.2) is 0 Å². The van der Waals surface area contributed by atoms with Crippen molar-refractivity contribution < 1.29 is 14.7 Å². The minimum Gasteiger partial charge on any atom is -0.480 e. The number of aliphatic carboxylic acids is 1. The van der Waals surface area contributed by atoms with Crippen LogP contribution in [-0.2, 0) is 9.59 Å². The Labute approximate surface area is 108 Å². The van der Waals surface area contributed by atoms with Crippen molar-refractivity contribution in [1.82, 2.24) is 15.5 Å². The summed E-state index contributed by atoms with van der Waals surface area (Å²) in [5.74, 6) is -1.30. The van der Waals surface area contributed by atoms with E-state index in [1.54, 1.807) is 13.8 Å². The number of nitrogens with zero attached hydrogens (tertiary/aromatic N) is 1. The van der Waals surface area contributed by atoms with Crippen LogP contribution in [0, 0.1) is 5.92 Å². The molecule has 6 nitrogen and oxygen atoms in total. The third-order valence-corrected chi connectivity index (χ3v) is 3.05. The Morgan fingerprint density at radius 2 is 2.06 bits per heavy atom. The Morgan fingerprint density at radius 3 is 2.67 bits per heavy atom. The van der Waals surface area contributed by atoms with Gasteiger partial charge in [0.2, 0.25) is 5.91 Å². The van der Waals surface area contributed by atoms with Gasteiger partial charge in [0.25, 0.3) is 0 Å². The topological polar surface area (TPSA) is 81.7 Å². The zero-order chi connectivity index (χ0) is 13.5. The largest absolute Gasteiger partial charge is 0.480 e. The first-order valence-corrected chi connectivity index (χ1v) is 6.46. The van der Waals surface area contributed by atoms with E-state index in [1.807, 2.05) is 0 Å². The van der Waals surface area contributed by atoms with Gasteiger partial charge in [-0.3, -0.25) is 9.69 Å². The predicted molar refractivity (Wildman–Crippen MR) is 68.3 cm³/mol. The molecule has 1 aliphatic rings. The molecule has 104 valence electrons. The Kier molecular flexibility index (Phi) is 6.07. The van der Waals surface area contributed by atoms with Crippen molar-refractivity contribution >= 4 is 11.9 Å². The summed E-state index contributed by atoms with van der Waals surface area (Å²) in [5.41, 5.74) is 0. The molecule has 0 bridgehead atoms. The Balaban J connectivity index is 2.41. The van der Waals surface area contributed by atoms with Gasteiger partial charge in [-0.25, -0.2) is 4.79 Å². The number of nitrogens with one attached hydrogen (secondary N) is 2. The van der Waals surface area contributed by atoms with E-state index in [0.717, 1.165) is 32.6 Å². The molecule has 1 fully saturated rings. The highest BCUT2D eigenvalue weighted by molar-refractivity contribution is 5.84. The second kappa shape index (κ2) is 7.33. The van der Waals surface area contributed by atoms with Crippen LogP contribution in [0.5, 0.6) is 0 Å². The van der Waals surface area contributed by atoms with Gasteiger partial charge in [-0.1, -0.05) is 13.8 Å². The van der Waals surface area contributed by atoms with Crippen LogP contribution in [0.25, 0.3) is 0 Å². The molecule has 1 saturated heterocycles. The first-order chi connectivity index (χ1) is 8.50. The lowest BCUT2D eigenvalue weighted by Gasteiger charge is -2.22. The van der Waals surface area contributed by atoms with Crippen molar-refractivity contribution in [1.29, 1.82) is 0 Å². The average molecular weight is 257 g/mol. The van der Waals surface area contributed by atoms with E-state index in [-0.39, 0.29) is 18.4 Å². The lowest BCUT2D eigenvalue weighted by Crippen LogP contribution is -2.48. The smallest absolute Gasteiger partial charge is 0.326 e. The van der Waals surface area contributed by atoms with Crippen molar-refractivity contribution in [2.75, 3.05) is 32.7 Å². The van der Waals surface area contributed by atoms with Gasteiger partial charge in [-0.2, -0.15) is 0 Å². The maximum Gasteiger partial charge on any atom is 0.326 e. The van der Waals surface area contributed by atoms with E-state index in [1.165, 1.54) is 0 Å². The average Bonchev–Trinajstić information content (AvgIpc) is 2.53. The first kappa shape index (κ1) is 14.9. The highest BCUT2D eigenvalue weighted by atomic mass is 16.4. The van der Waals surface area contributed by atoms with E-state index in [2.05, 4.69) is 15.5 Å². The van der Waals surface area contributed by atoms with Gasteiger partial charge in [0, 0.05) is 13.1 Å². The minimum absolute atomic E-state index is 0.114. The Morgan fingerprint density at radius 1 is 1.33 bits per heavy atom. The molecule has 3 N–H and O–H groups in total. The zero-order valence-corrected chi connectivity index (χ0v) is 11.1. The van der Waals surface area contributed by atoms with Gasteiger partial charge in [0.1, 0.15) is 6.04 Å². The third-order valence-electron chi connectivity index (χ3n) is 3.05. The summed E-state index contributed by atoms with van der Waals surface area (Å²) in [4.78, 5) is 24.8. The molecular formula is C12H23N3O3. The number of carbonyl (C=O) groups excluding carboxylic acids is 1. The van der Waals surface area contributed by atoms with Crippen molar-refractivity contribution in [3.05, 3.63) is 0 Å². The number of carbonyl (C=O) groups is 2. The van der Waals surface area contributed by atoms with Crippen molar-refractivity contribution in [3.63, 3.8) is 0 Å². The summed E-state index contributed by atoms with van der Waals surface area (Å²) in [5, 5.41) is 14.8. The number of carboxylic acids is 1. The quantitative estimate of drug-likeness (QED) is 0.619. The molecule has 1 aliphatic heterocycles. The monoisotopic (exact) mass is 257 g/mol. The van der Waals surface area contributed by atoms with Gasteiger partial charge in [-0.15, -0.1) is 0 Å². The fraction of sp³-hybridized carbons (Fsp3) is 0.833. The second-order valence-corrected chi connectivity index (χ2v) is 5.01. The minimum atomic E-state index is -0.976. The van der Waals surface area contributed by atoms with E-state index in [9.17, 15) is 9.59 Å². The Hall–Kier alpha value is -1.14. The molecule has 1 atom stereocenters. The van der Waals surface area contributed by atoms with Crippen molar-refractivity contribution in [3.8, 4) is 0 Å². The molecule has 0 aromatic rings. The summed E-state index contributed by atoms with van der Waals surface area (Å²) < 4.78 is 0. The van der Waals surface area contributed by atoms with Crippen LogP contribution in [0.1, 0.15) is 20.3 Å². The highest BCUT2D eigenvalue weighted by Crippen LogP contribution is 2.02. The van der Waals surface area contributed by atoms with E-state index < -0.39 is 12.0 Å². The first-order valence-electron chi connectivity index (χ1n) is 6.46. The molecule has 0 spiro atoms. The molecule has 0 aliphatic carbocycles. The molecule has 1 amide bonds. The van der Waals surface area contributed by atoms with Crippen LogP contribution in [-0.4, -0.2) is 60.6 Å². The molecule has 0 unspecified atom stereocenters. The molecular weight excluding hydrogens is 234 g/mol.